The molecule has 0 aromatic heterocycles. The van der Waals surface area contributed by atoms with Crippen molar-refractivity contribution in [1.82, 2.24) is 5.32 Å². The first-order valence-corrected chi connectivity index (χ1v) is 7.71. The fourth-order valence-electron chi connectivity index (χ4n) is 3.58. The van der Waals surface area contributed by atoms with E-state index in [0.717, 1.165) is 24.9 Å². The lowest BCUT2D eigenvalue weighted by atomic mass is 9.73. The Labute approximate surface area is 116 Å². The van der Waals surface area contributed by atoms with Gasteiger partial charge >= 0.3 is 0 Å². The van der Waals surface area contributed by atoms with Crippen LogP contribution in [0.15, 0.2) is 24.3 Å². The molecule has 0 amide bonds. The molecule has 0 saturated heterocycles. The highest BCUT2D eigenvalue weighted by atomic mass is 19.1. The molecule has 1 unspecified atom stereocenters. The van der Waals surface area contributed by atoms with Crippen LogP contribution in [0.4, 0.5) is 4.39 Å². The fourth-order valence-corrected chi connectivity index (χ4v) is 3.58. The van der Waals surface area contributed by atoms with Crippen molar-refractivity contribution in [2.45, 2.75) is 58.4 Å². The average Bonchev–Trinajstić information content (AvgIpc) is 2.91. The summed E-state index contributed by atoms with van der Waals surface area (Å²) >= 11 is 0. The molecule has 1 fully saturated rings. The van der Waals surface area contributed by atoms with Crippen LogP contribution in [0, 0.1) is 11.2 Å². The van der Waals surface area contributed by atoms with Crippen LogP contribution in [-0.2, 0) is 0 Å². The van der Waals surface area contributed by atoms with Crippen LogP contribution in [0.25, 0.3) is 0 Å². The van der Waals surface area contributed by atoms with Gasteiger partial charge < -0.3 is 5.32 Å². The minimum Gasteiger partial charge on any atom is -0.309 e. The van der Waals surface area contributed by atoms with Gasteiger partial charge in [-0.1, -0.05) is 44.9 Å². The topological polar surface area (TPSA) is 12.0 Å². The van der Waals surface area contributed by atoms with Crippen LogP contribution >= 0.6 is 0 Å². The molecular weight excluding hydrogens is 237 g/mol. The molecule has 1 aromatic rings. The number of nitrogens with one attached hydrogen (secondary N) is 1. The van der Waals surface area contributed by atoms with Gasteiger partial charge in [0.25, 0.3) is 0 Å². The maximum Gasteiger partial charge on any atom is 0.127 e. The number of halogens is 1. The van der Waals surface area contributed by atoms with Gasteiger partial charge in [-0.2, -0.15) is 0 Å². The maximum absolute atomic E-state index is 14.2. The Balaban J connectivity index is 2.32. The van der Waals surface area contributed by atoms with Gasteiger partial charge in [-0.05, 0) is 43.7 Å². The predicted octanol–water partition coefficient (Wildman–Crippen LogP) is 4.84. The molecule has 1 nitrogen and oxygen atoms in total. The molecule has 106 valence electrons. The Bertz CT molecular complexity index is 396. The minimum atomic E-state index is -0.0594. The molecular formula is C17H26FN. The van der Waals surface area contributed by atoms with E-state index in [1.165, 1.54) is 25.7 Å². The highest BCUT2D eigenvalue weighted by molar-refractivity contribution is 5.24. The molecule has 2 rings (SSSR count). The van der Waals surface area contributed by atoms with Crippen molar-refractivity contribution in [1.29, 1.82) is 0 Å². The van der Waals surface area contributed by atoms with E-state index in [2.05, 4.69) is 19.2 Å². The van der Waals surface area contributed by atoms with Crippen LogP contribution in [0.2, 0.25) is 0 Å². The number of rotatable bonds is 6. The second kappa shape index (κ2) is 6.51. The SMILES string of the molecule is CCCNC(c1ccccc1F)C1(CC)CCCC1. The van der Waals surface area contributed by atoms with E-state index >= 15 is 0 Å². The van der Waals surface area contributed by atoms with E-state index < -0.39 is 0 Å². The van der Waals surface area contributed by atoms with Gasteiger partial charge in [0.2, 0.25) is 0 Å². The lowest BCUT2D eigenvalue weighted by Gasteiger charge is -2.38. The first-order valence-electron chi connectivity index (χ1n) is 7.71. The van der Waals surface area contributed by atoms with Gasteiger partial charge in [0, 0.05) is 11.6 Å². The van der Waals surface area contributed by atoms with E-state index in [0.29, 0.717) is 0 Å². The van der Waals surface area contributed by atoms with Crippen molar-refractivity contribution in [3.8, 4) is 0 Å². The number of hydrogen-bond donors (Lipinski definition) is 1. The molecule has 1 aliphatic rings. The summed E-state index contributed by atoms with van der Waals surface area (Å²) in [5.74, 6) is -0.0594. The highest BCUT2D eigenvalue weighted by Crippen LogP contribution is 2.50. The van der Waals surface area contributed by atoms with Gasteiger partial charge in [-0.3, -0.25) is 0 Å². The Kier molecular flexibility index (Phi) is 4.98. The third-order valence-corrected chi connectivity index (χ3v) is 4.73. The average molecular weight is 263 g/mol. The summed E-state index contributed by atoms with van der Waals surface area (Å²) in [6, 6.07) is 7.45. The molecule has 0 bridgehead atoms. The van der Waals surface area contributed by atoms with Crippen molar-refractivity contribution in [2.24, 2.45) is 5.41 Å². The lowest BCUT2D eigenvalue weighted by molar-refractivity contribution is 0.183. The van der Waals surface area contributed by atoms with Crippen LogP contribution in [0.5, 0.6) is 0 Å². The summed E-state index contributed by atoms with van der Waals surface area (Å²) in [5.41, 5.74) is 1.11. The Hall–Kier alpha value is -0.890. The van der Waals surface area contributed by atoms with Gasteiger partial charge in [0.15, 0.2) is 0 Å². The molecule has 1 aromatic carbocycles. The van der Waals surface area contributed by atoms with Crippen molar-refractivity contribution in [3.05, 3.63) is 35.6 Å². The van der Waals surface area contributed by atoms with E-state index in [9.17, 15) is 4.39 Å². The first-order chi connectivity index (χ1) is 9.23. The fraction of sp³-hybridized carbons (Fsp3) is 0.647. The minimum absolute atomic E-state index is 0.0594. The second-order valence-electron chi connectivity index (χ2n) is 5.83. The van der Waals surface area contributed by atoms with Crippen LogP contribution < -0.4 is 5.32 Å². The summed E-state index contributed by atoms with van der Waals surface area (Å²) in [6.45, 7) is 5.38. The zero-order valence-electron chi connectivity index (χ0n) is 12.2. The van der Waals surface area contributed by atoms with Gasteiger partial charge in [-0.25, -0.2) is 4.39 Å². The van der Waals surface area contributed by atoms with Crippen molar-refractivity contribution < 1.29 is 4.39 Å². The highest BCUT2D eigenvalue weighted by Gasteiger charge is 2.41. The largest absolute Gasteiger partial charge is 0.309 e. The van der Waals surface area contributed by atoms with Crippen molar-refractivity contribution in [2.75, 3.05) is 6.54 Å². The molecule has 0 radical (unpaired) electrons. The third kappa shape index (κ3) is 3.00. The number of hydrogen-bond acceptors (Lipinski definition) is 1. The third-order valence-electron chi connectivity index (χ3n) is 4.73. The zero-order valence-corrected chi connectivity index (χ0v) is 12.2. The predicted molar refractivity (Wildman–Crippen MR) is 78.6 cm³/mol. The molecule has 1 saturated carbocycles. The van der Waals surface area contributed by atoms with Gasteiger partial charge in [-0.15, -0.1) is 0 Å². The summed E-state index contributed by atoms with van der Waals surface area (Å²) in [4.78, 5) is 0. The lowest BCUT2D eigenvalue weighted by Crippen LogP contribution is -2.37. The normalized spacial score (nSPS) is 19.5. The monoisotopic (exact) mass is 263 g/mol. The van der Waals surface area contributed by atoms with Gasteiger partial charge in [0.05, 0.1) is 0 Å². The summed E-state index contributed by atoms with van der Waals surface area (Å²) < 4.78 is 14.2. The van der Waals surface area contributed by atoms with E-state index in [1.54, 1.807) is 12.1 Å². The molecule has 0 heterocycles. The van der Waals surface area contributed by atoms with Crippen LogP contribution in [-0.4, -0.2) is 6.54 Å². The molecule has 2 heteroatoms. The first kappa shape index (κ1) is 14.5. The second-order valence-corrected chi connectivity index (χ2v) is 5.83. The van der Waals surface area contributed by atoms with Crippen LogP contribution in [0.1, 0.15) is 64.0 Å². The summed E-state index contributed by atoms with van der Waals surface area (Å²) in [5, 5.41) is 3.62. The molecule has 19 heavy (non-hydrogen) atoms. The smallest absolute Gasteiger partial charge is 0.127 e. The summed E-state index contributed by atoms with van der Waals surface area (Å²) in [7, 11) is 0. The van der Waals surface area contributed by atoms with E-state index in [1.807, 2.05) is 12.1 Å². The van der Waals surface area contributed by atoms with E-state index in [-0.39, 0.29) is 17.3 Å². The summed E-state index contributed by atoms with van der Waals surface area (Å²) in [6.07, 6.45) is 7.23. The quantitative estimate of drug-likeness (QED) is 0.774. The Morgan fingerprint density at radius 2 is 1.89 bits per heavy atom. The van der Waals surface area contributed by atoms with Crippen molar-refractivity contribution >= 4 is 0 Å². The number of benzene rings is 1. The standard InChI is InChI=1S/C17H26FN/c1-3-13-19-16(14-9-5-6-10-15(14)18)17(4-2)11-7-8-12-17/h5-6,9-10,16,19H,3-4,7-8,11-13H2,1-2H3. The Morgan fingerprint density at radius 1 is 1.21 bits per heavy atom. The van der Waals surface area contributed by atoms with Crippen molar-refractivity contribution in [3.63, 3.8) is 0 Å². The van der Waals surface area contributed by atoms with Gasteiger partial charge in [0.1, 0.15) is 5.82 Å². The molecule has 0 spiro atoms. The zero-order chi connectivity index (χ0) is 13.7. The molecule has 1 N–H and O–H groups in total. The molecule has 1 atom stereocenters. The Morgan fingerprint density at radius 3 is 2.47 bits per heavy atom. The van der Waals surface area contributed by atoms with Crippen LogP contribution in [0.3, 0.4) is 0 Å². The van der Waals surface area contributed by atoms with E-state index in [4.69, 9.17) is 0 Å². The molecule has 1 aliphatic carbocycles. The molecule has 0 aliphatic heterocycles. The maximum atomic E-state index is 14.2.